The molecule has 7 heteroatoms. The number of nitrogen functional groups attached to an aromatic ring is 1. The normalized spacial score (nSPS) is 18.5. The smallest absolute Gasteiger partial charge is 0.219 e. The maximum atomic E-state index is 5.62. The fourth-order valence-corrected chi connectivity index (χ4v) is 2.73. The Labute approximate surface area is 105 Å². The van der Waals surface area contributed by atoms with Crippen LogP contribution in [-0.4, -0.2) is 40.9 Å². The minimum Gasteiger partial charge on any atom is -0.378 e. The van der Waals surface area contributed by atoms with E-state index in [4.69, 9.17) is 10.6 Å². The van der Waals surface area contributed by atoms with Crippen LogP contribution in [0.1, 0.15) is 24.8 Å². The number of rotatable bonds is 5. The Hall–Kier alpha value is -0.760. The molecule has 0 aromatic carbocycles. The Morgan fingerprint density at radius 1 is 1.47 bits per heavy atom. The van der Waals surface area contributed by atoms with Crippen molar-refractivity contribution < 1.29 is 4.74 Å². The average Bonchev–Trinajstić information content (AvgIpc) is 2.80. The molecule has 3 N–H and O–H groups in total. The summed E-state index contributed by atoms with van der Waals surface area (Å²) in [6.07, 6.45) is 2.65. The Kier molecular flexibility index (Phi) is 4.66. The van der Waals surface area contributed by atoms with Crippen LogP contribution in [0.5, 0.6) is 0 Å². The van der Waals surface area contributed by atoms with Crippen LogP contribution in [0.3, 0.4) is 0 Å². The minimum absolute atomic E-state index is 0.437. The van der Waals surface area contributed by atoms with E-state index in [2.05, 4.69) is 27.4 Å². The first-order valence-corrected chi connectivity index (χ1v) is 6.76. The van der Waals surface area contributed by atoms with Gasteiger partial charge in [-0.1, -0.05) is 11.3 Å². The lowest BCUT2D eigenvalue weighted by Crippen LogP contribution is -2.36. The second-order valence-electron chi connectivity index (χ2n) is 4.08. The number of piperidine rings is 1. The van der Waals surface area contributed by atoms with Crippen molar-refractivity contribution in [3.05, 3.63) is 5.01 Å². The van der Waals surface area contributed by atoms with E-state index < -0.39 is 0 Å². The third-order valence-electron chi connectivity index (χ3n) is 2.89. The average molecular weight is 257 g/mol. The highest BCUT2D eigenvalue weighted by molar-refractivity contribution is 7.15. The first kappa shape index (κ1) is 12.7. The number of hydrogen-bond donors (Lipinski definition) is 2. The monoisotopic (exact) mass is 257 g/mol. The largest absolute Gasteiger partial charge is 0.378 e. The summed E-state index contributed by atoms with van der Waals surface area (Å²) in [7, 11) is 0. The highest BCUT2D eigenvalue weighted by Gasteiger charge is 2.20. The second-order valence-corrected chi connectivity index (χ2v) is 5.14. The maximum absolute atomic E-state index is 5.62. The highest BCUT2D eigenvalue weighted by atomic mass is 32.1. The Balaban J connectivity index is 1.77. The van der Waals surface area contributed by atoms with Gasteiger partial charge in [-0.3, -0.25) is 10.3 Å². The van der Waals surface area contributed by atoms with Gasteiger partial charge in [0, 0.05) is 19.7 Å². The Bertz CT molecular complexity index is 337. The summed E-state index contributed by atoms with van der Waals surface area (Å²) in [4.78, 5) is 2.39. The number of anilines is 1. The maximum Gasteiger partial charge on any atom is 0.219 e. The zero-order valence-electron chi connectivity index (χ0n) is 10.1. The first-order valence-electron chi connectivity index (χ1n) is 5.94. The van der Waals surface area contributed by atoms with Gasteiger partial charge in [-0.05, 0) is 19.8 Å². The molecule has 0 bridgehead atoms. The molecular weight excluding hydrogens is 238 g/mol. The molecule has 0 amide bonds. The SMILES string of the molecule is CCOC1CCN(Cc2nnc(NN)s2)CC1. The van der Waals surface area contributed by atoms with E-state index in [1.807, 2.05) is 0 Å². The number of hydrogen-bond acceptors (Lipinski definition) is 7. The van der Waals surface area contributed by atoms with Crippen molar-refractivity contribution in [2.75, 3.05) is 25.1 Å². The molecule has 0 atom stereocenters. The summed E-state index contributed by atoms with van der Waals surface area (Å²) in [6.45, 7) is 5.85. The van der Waals surface area contributed by atoms with Crippen molar-refractivity contribution >= 4 is 16.5 Å². The van der Waals surface area contributed by atoms with Crippen molar-refractivity contribution in [1.29, 1.82) is 0 Å². The molecule has 1 aromatic rings. The van der Waals surface area contributed by atoms with Crippen LogP contribution >= 0.6 is 11.3 Å². The standard InChI is InChI=1S/C10H19N5OS/c1-2-16-8-3-5-15(6-4-8)7-9-13-14-10(12-11)17-9/h8H,2-7,11H2,1H3,(H,12,14). The second kappa shape index (κ2) is 6.25. The predicted molar refractivity (Wildman–Crippen MR) is 67.6 cm³/mol. The molecule has 1 fully saturated rings. The van der Waals surface area contributed by atoms with E-state index in [-0.39, 0.29) is 0 Å². The van der Waals surface area contributed by atoms with Crippen LogP contribution in [0.15, 0.2) is 0 Å². The molecule has 0 aliphatic carbocycles. The summed E-state index contributed by atoms with van der Waals surface area (Å²) >= 11 is 1.51. The molecule has 0 radical (unpaired) electrons. The zero-order chi connectivity index (χ0) is 12.1. The number of nitrogens with one attached hydrogen (secondary N) is 1. The molecule has 2 rings (SSSR count). The van der Waals surface area contributed by atoms with Gasteiger partial charge < -0.3 is 4.74 Å². The van der Waals surface area contributed by atoms with Crippen LogP contribution in [-0.2, 0) is 11.3 Å². The molecule has 0 saturated carbocycles. The molecule has 0 unspecified atom stereocenters. The van der Waals surface area contributed by atoms with E-state index in [9.17, 15) is 0 Å². The van der Waals surface area contributed by atoms with Crippen molar-refractivity contribution in [2.24, 2.45) is 5.84 Å². The van der Waals surface area contributed by atoms with E-state index in [0.29, 0.717) is 11.2 Å². The number of nitrogens with zero attached hydrogens (tertiary/aromatic N) is 3. The van der Waals surface area contributed by atoms with Gasteiger partial charge in [-0.25, -0.2) is 5.84 Å². The third kappa shape index (κ3) is 3.60. The predicted octanol–water partition coefficient (Wildman–Crippen LogP) is 0.825. The zero-order valence-corrected chi connectivity index (χ0v) is 10.9. The topological polar surface area (TPSA) is 76.3 Å². The van der Waals surface area contributed by atoms with Gasteiger partial charge in [0.2, 0.25) is 5.13 Å². The summed E-state index contributed by atoms with van der Waals surface area (Å²) in [5.41, 5.74) is 2.51. The first-order chi connectivity index (χ1) is 8.31. The van der Waals surface area contributed by atoms with Gasteiger partial charge in [0.15, 0.2) is 0 Å². The van der Waals surface area contributed by atoms with Gasteiger partial charge in [-0.2, -0.15) is 0 Å². The van der Waals surface area contributed by atoms with Crippen LogP contribution < -0.4 is 11.3 Å². The van der Waals surface area contributed by atoms with Crippen LogP contribution in [0.2, 0.25) is 0 Å². The summed E-state index contributed by atoms with van der Waals surface area (Å²) in [6, 6.07) is 0. The summed E-state index contributed by atoms with van der Waals surface area (Å²) in [5, 5.41) is 9.69. The van der Waals surface area contributed by atoms with Crippen LogP contribution in [0.25, 0.3) is 0 Å². The molecule has 1 aliphatic heterocycles. The van der Waals surface area contributed by atoms with Gasteiger partial charge >= 0.3 is 0 Å². The third-order valence-corrected chi connectivity index (χ3v) is 3.73. The van der Waals surface area contributed by atoms with E-state index in [1.165, 1.54) is 11.3 Å². The number of likely N-dealkylation sites (tertiary alicyclic amines) is 1. The lowest BCUT2D eigenvalue weighted by atomic mass is 10.1. The molecule has 17 heavy (non-hydrogen) atoms. The fraction of sp³-hybridized carbons (Fsp3) is 0.800. The number of nitrogens with two attached hydrogens (primary N) is 1. The highest BCUT2D eigenvalue weighted by Crippen LogP contribution is 2.19. The lowest BCUT2D eigenvalue weighted by Gasteiger charge is -2.30. The molecule has 0 spiro atoms. The van der Waals surface area contributed by atoms with Crippen molar-refractivity contribution in [1.82, 2.24) is 15.1 Å². The van der Waals surface area contributed by atoms with Crippen LogP contribution in [0, 0.1) is 0 Å². The number of aromatic nitrogens is 2. The number of hydrazine groups is 1. The Morgan fingerprint density at radius 2 is 2.24 bits per heavy atom. The molecule has 1 saturated heterocycles. The summed E-state index contributed by atoms with van der Waals surface area (Å²) < 4.78 is 5.62. The van der Waals surface area contributed by atoms with Gasteiger partial charge in [-0.15, -0.1) is 10.2 Å². The van der Waals surface area contributed by atoms with Crippen molar-refractivity contribution in [3.8, 4) is 0 Å². The molecular formula is C10H19N5OS. The van der Waals surface area contributed by atoms with E-state index in [0.717, 1.165) is 44.1 Å². The van der Waals surface area contributed by atoms with Crippen molar-refractivity contribution in [3.63, 3.8) is 0 Å². The molecule has 6 nitrogen and oxygen atoms in total. The lowest BCUT2D eigenvalue weighted by molar-refractivity contribution is 0.0125. The molecule has 96 valence electrons. The van der Waals surface area contributed by atoms with Gasteiger partial charge in [0.25, 0.3) is 0 Å². The van der Waals surface area contributed by atoms with Crippen molar-refractivity contribution in [2.45, 2.75) is 32.4 Å². The quantitative estimate of drug-likeness (QED) is 0.601. The summed E-state index contributed by atoms with van der Waals surface area (Å²) in [5.74, 6) is 5.28. The number of ether oxygens (including phenoxy) is 1. The van der Waals surface area contributed by atoms with E-state index >= 15 is 0 Å². The van der Waals surface area contributed by atoms with Crippen LogP contribution in [0.4, 0.5) is 5.13 Å². The molecule has 1 aromatic heterocycles. The van der Waals surface area contributed by atoms with Gasteiger partial charge in [0.1, 0.15) is 5.01 Å². The molecule has 1 aliphatic rings. The van der Waals surface area contributed by atoms with Gasteiger partial charge in [0.05, 0.1) is 12.6 Å². The minimum atomic E-state index is 0.437. The molecule has 2 heterocycles. The fourth-order valence-electron chi connectivity index (χ4n) is 2.04. The van der Waals surface area contributed by atoms with E-state index in [1.54, 1.807) is 0 Å². The Morgan fingerprint density at radius 3 is 2.82 bits per heavy atom.